The van der Waals surface area contributed by atoms with Gasteiger partial charge in [0, 0.05) is 43.7 Å². The normalized spacial score (nSPS) is 19.2. The average Bonchev–Trinajstić information content (AvgIpc) is 3.45. The Balaban J connectivity index is 1.49. The van der Waals surface area contributed by atoms with Crippen LogP contribution >= 0.6 is 0 Å². The minimum absolute atomic E-state index is 0.0830. The van der Waals surface area contributed by atoms with E-state index in [0.717, 1.165) is 31.2 Å². The summed E-state index contributed by atoms with van der Waals surface area (Å²) in [5.74, 6) is -0.152. The number of carbonyl (C=O) groups excluding carboxylic acids is 1. The van der Waals surface area contributed by atoms with Crippen molar-refractivity contribution < 1.29 is 17.9 Å². The third-order valence-electron chi connectivity index (χ3n) is 5.27. The summed E-state index contributed by atoms with van der Waals surface area (Å²) in [5, 5.41) is 0. The molecule has 0 bridgehead atoms. The number of sulfonamides is 1. The molecule has 2 aromatic rings. The number of aromatic nitrogens is 1. The molecule has 1 aromatic carbocycles. The van der Waals surface area contributed by atoms with E-state index in [1.54, 1.807) is 24.5 Å². The van der Waals surface area contributed by atoms with E-state index in [-0.39, 0.29) is 29.5 Å². The summed E-state index contributed by atoms with van der Waals surface area (Å²) in [6, 6.07) is 10.2. The minimum atomic E-state index is -3.70. The molecule has 1 amide bonds. The third-order valence-corrected chi connectivity index (χ3v) is 6.69. The van der Waals surface area contributed by atoms with Crippen LogP contribution in [0.1, 0.15) is 41.6 Å². The molecule has 2 aliphatic rings. The van der Waals surface area contributed by atoms with Gasteiger partial charge in [0.05, 0.1) is 11.0 Å². The first kappa shape index (κ1) is 20.0. The Morgan fingerprint density at radius 3 is 2.66 bits per heavy atom. The second kappa shape index (κ2) is 8.61. The van der Waals surface area contributed by atoms with Crippen LogP contribution in [0.15, 0.2) is 53.7 Å². The molecule has 4 rings (SSSR count). The summed E-state index contributed by atoms with van der Waals surface area (Å²) in [6.45, 7) is 1.40. The summed E-state index contributed by atoms with van der Waals surface area (Å²) in [5.41, 5.74) is 1.38. The largest absolute Gasteiger partial charge is 0.377 e. The van der Waals surface area contributed by atoms with Crippen LogP contribution in [0.2, 0.25) is 0 Å². The molecule has 7 nitrogen and oxygen atoms in total. The van der Waals surface area contributed by atoms with Crippen LogP contribution < -0.4 is 4.72 Å². The number of pyridine rings is 1. The van der Waals surface area contributed by atoms with E-state index >= 15 is 0 Å². The van der Waals surface area contributed by atoms with Crippen molar-refractivity contribution in [3.05, 3.63) is 59.9 Å². The van der Waals surface area contributed by atoms with Crippen molar-refractivity contribution in [1.29, 1.82) is 0 Å². The van der Waals surface area contributed by atoms with E-state index in [1.165, 1.54) is 12.1 Å². The Morgan fingerprint density at radius 2 is 1.97 bits per heavy atom. The van der Waals surface area contributed by atoms with Crippen LogP contribution in [0, 0.1) is 0 Å². The van der Waals surface area contributed by atoms with Gasteiger partial charge in [0.2, 0.25) is 10.0 Å². The second-order valence-corrected chi connectivity index (χ2v) is 9.30. The van der Waals surface area contributed by atoms with E-state index in [0.29, 0.717) is 18.7 Å². The topological polar surface area (TPSA) is 88.6 Å². The highest BCUT2D eigenvalue weighted by atomic mass is 32.2. The van der Waals surface area contributed by atoms with Crippen LogP contribution in [0.25, 0.3) is 0 Å². The molecule has 2 fully saturated rings. The number of hydrogen-bond donors (Lipinski definition) is 1. The van der Waals surface area contributed by atoms with Gasteiger partial charge in [-0.2, -0.15) is 0 Å². The van der Waals surface area contributed by atoms with E-state index < -0.39 is 10.0 Å². The predicted molar refractivity (Wildman–Crippen MR) is 108 cm³/mol. The summed E-state index contributed by atoms with van der Waals surface area (Å²) in [6.07, 6.45) is 7.07. The highest BCUT2D eigenvalue weighted by Gasteiger charge is 2.33. The molecular formula is C21H25N3O4S. The molecule has 0 spiro atoms. The zero-order chi connectivity index (χ0) is 20.3. The maximum atomic E-state index is 13.2. The van der Waals surface area contributed by atoms with Gasteiger partial charge in [-0.3, -0.25) is 9.78 Å². The van der Waals surface area contributed by atoms with Crippen molar-refractivity contribution in [2.75, 3.05) is 13.2 Å². The third kappa shape index (κ3) is 5.01. The van der Waals surface area contributed by atoms with Crippen LogP contribution in [-0.4, -0.2) is 49.5 Å². The molecule has 1 unspecified atom stereocenters. The number of amides is 1. The van der Waals surface area contributed by atoms with Gasteiger partial charge in [-0.05, 0) is 61.6 Å². The van der Waals surface area contributed by atoms with Crippen molar-refractivity contribution in [3.63, 3.8) is 0 Å². The second-order valence-electron chi connectivity index (χ2n) is 7.53. The number of ether oxygens (including phenoxy) is 1. The number of nitrogens with one attached hydrogen (secondary N) is 1. The van der Waals surface area contributed by atoms with Gasteiger partial charge < -0.3 is 9.64 Å². The lowest BCUT2D eigenvalue weighted by Crippen LogP contribution is -2.33. The van der Waals surface area contributed by atoms with Gasteiger partial charge in [-0.15, -0.1) is 0 Å². The lowest BCUT2D eigenvalue weighted by atomic mass is 10.1. The molecule has 1 saturated carbocycles. The average molecular weight is 416 g/mol. The van der Waals surface area contributed by atoms with Crippen molar-refractivity contribution in [1.82, 2.24) is 14.6 Å². The molecule has 1 N–H and O–H groups in total. The SMILES string of the molecule is O=C(c1cccc(S(=O)(=O)NCC2CCCO2)c1)N(Cc1ccncc1)C1CC1. The zero-order valence-electron chi connectivity index (χ0n) is 16.2. The van der Waals surface area contributed by atoms with Gasteiger partial charge in [0.1, 0.15) is 0 Å². The van der Waals surface area contributed by atoms with Crippen molar-refractivity contribution in [2.45, 2.75) is 49.3 Å². The minimum Gasteiger partial charge on any atom is -0.377 e. The lowest BCUT2D eigenvalue weighted by molar-refractivity contribution is 0.0729. The van der Waals surface area contributed by atoms with Gasteiger partial charge in [0.15, 0.2) is 0 Å². The Labute approximate surface area is 171 Å². The molecule has 29 heavy (non-hydrogen) atoms. The summed E-state index contributed by atoms with van der Waals surface area (Å²) in [4.78, 5) is 19.1. The number of carbonyl (C=O) groups is 1. The molecule has 1 aromatic heterocycles. The maximum absolute atomic E-state index is 13.2. The van der Waals surface area contributed by atoms with Gasteiger partial charge >= 0.3 is 0 Å². The molecule has 1 atom stereocenters. The van der Waals surface area contributed by atoms with Gasteiger partial charge in [0.25, 0.3) is 5.91 Å². The van der Waals surface area contributed by atoms with Gasteiger partial charge in [-0.1, -0.05) is 6.07 Å². The molecule has 1 saturated heterocycles. The van der Waals surface area contributed by atoms with Crippen LogP contribution in [0.5, 0.6) is 0 Å². The lowest BCUT2D eigenvalue weighted by Gasteiger charge is -2.23. The van der Waals surface area contributed by atoms with E-state index in [1.807, 2.05) is 17.0 Å². The zero-order valence-corrected chi connectivity index (χ0v) is 17.0. The van der Waals surface area contributed by atoms with E-state index in [4.69, 9.17) is 4.74 Å². The monoisotopic (exact) mass is 415 g/mol. The number of rotatable bonds is 8. The van der Waals surface area contributed by atoms with E-state index in [2.05, 4.69) is 9.71 Å². The molecule has 1 aliphatic carbocycles. The molecular weight excluding hydrogens is 390 g/mol. The first-order valence-corrected chi connectivity index (χ1v) is 11.4. The Bertz CT molecular complexity index is 955. The number of benzene rings is 1. The summed E-state index contributed by atoms with van der Waals surface area (Å²) >= 11 is 0. The molecule has 0 radical (unpaired) electrons. The summed E-state index contributed by atoms with van der Waals surface area (Å²) in [7, 11) is -3.70. The fourth-order valence-electron chi connectivity index (χ4n) is 3.49. The molecule has 8 heteroatoms. The fraction of sp³-hybridized carbons (Fsp3) is 0.429. The smallest absolute Gasteiger partial charge is 0.254 e. The first-order chi connectivity index (χ1) is 14.0. The molecule has 1 aliphatic heterocycles. The first-order valence-electron chi connectivity index (χ1n) is 9.94. The van der Waals surface area contributed by atoms with E-state index in [9.17, 15) is 13.2 Å². The van der Waals surface area contributed by atoms with Crippen molar-refractivity contribution in [3.8, 4) is 0 Å². The summed E-state index contributed by atoms with van der Waals surface area (Å²) < 4.78 is 33.4. The molecule has 2 heterocycles. The maximum Gasteiger partial charge on any atom is 0.254 e. The highest BCUT2D eigenvalue weighted by Crippen LogP contribution is 2.30. The quantitative estimate of drug-likeness (QED) is 0.715. The predicted octanol–water partition coefficient (Wildman–Crippen LogP) is 2.34. The standard InChI is InChI=1S/C21H25N3O4S/c25-21(24(18-6-7-18)15-16-8-10-22-11-9-16)17-3-1-5-20(13-17)29(26,27)23-14-19-4-2-12-28-19/h1,3,5,8-11,13,18-19,23H,2,4,6-7,12,14-15H2. The molecule has 154 valence electrons. The number of hydrogen-bond acceptors (Lipinski definition) is 5. The van der Waals surface area contributed by atoms with Crippen molar-refractivity contribution in [2.24, 2.45) is 0 Å². The highest BCUT2D eigenvalue weighted by molar-refractivity contribution is 7.89. The Morgan fingerprint density at radius 1 is 1.17 bits per heavy atom. The van der Waals surface area contributed by atoms with Gasteiger partial charge in [-0.25, -0.2) is 13.1 Å². The van der Waals surface area contributed by atoms with Crippen molar-refractivity contribution >= 4 is 15.9 Å². The Kier molecular flexibility index (Phi) is 5.94. The number of nitrogens with zero attached hydrogens (tertiary/aromatic N) is 2. The Hall–Kier alpha value is -2.29. The fourth-order valence-corrected chi connectivity index (χ4v) is 4.60. The van der Waals surface area contributed by atoms with Crippen LogP contribution in [-0.2, 0) is 21.3 Å². The van der Waals surface area contributed by atoms with Crippen LogP contribution in [0.3, 0.4) is 0 Å². The van der Waals surface area contributed by atoms with Crippen LogP contribution in [0.4, 0.5) is 0 Å².